The maximum absolute atomic E-state index is 12.7. The molecule has 0 atom stereocenters. The number of piperidine rings is 1. The van der Waals surface area contributed by atoms with E-state index in [1.807, 2.05) is 12.1 Å². The summed E-state index contributed by atoms with van der Waals surface area (Å²) in [6.07, 6.45) is 2.78. The van der Waals surface area contributed by atoms with Gasteiger partial charge in [-0.05, 0) is 68.9 Å². The zero-order chi connectivity index (χ0) is 24.0. The summed E-state index contributed by atoms with van der Waals surface area (Å²) in [5.41, 5.74) is 2.14. The predicted molar refractivity (Wildman–Crippen MR) is 132 cm³/mol. The van der Waals surface area contributed by atoms with Gasteiger partial charge in [0.15, 0.2) is 0 Å². The molecule has 1 aliphatic heterocycles. The van der Waals surface area contributed by atoms with Gasteiger partial charge in [0.2, 0.25) is 10.0 Å². The third kappa shape index (κ3) is 6.56. The lowest BCUT2D eigenvalue weighted by molar-refractivity contribution is -0.118. The molecule has 0 aliphatic carbocycles. The number of nitrogens with zero attached hydrogens (tertiary/aromatic N) is 3. The highest BCUT2D eigenvalue weighted by Crippen LogP contribution is 2.23. The lowest BCUT2D eigenvalue weighted by Gasteiger charge is -2.36. The number of methoxy groups -OCH3 is 1. The van der Waals surface area contributed by atoms with Gasteiger partial charge < -0.3 is 14.5 Å². The summed E-state index contributed by atoms with van der Waals surface area (Å²) >= 11 is 0. The lowest BCUT2D eigenvalue weighted by Crippen LogP contribution is -2.41. The first-order valence-electron chi connectivity index (χ1n) is 11.3. The van der Waals surface area contributed by atoms with E-state index in [9.17, 15) is 13.2 Å². The van der Waals surface area contributed by atoms with Crippen LogP contribution in [0.15, 0.2) is 53.4 Å². The molecule has 33 heavy (non-hydrogen) atoms. The van der Waals surface area contributed by atoms with Gasteiger partial charge in [-0.1, -0.05) is 12.1 Å². The van der Waals surface area contributed by atoms with E-state index in [0.29, 0.717) is 18.2 Å². The van der Waals surface area contributed by atoms with Crippen LogP contribution in [0.2, 0.25) is 0 Å². The number of ether oxygens (including phenoxy) is 1. The molecule has 0 amide bonds. The zero-order valence-electron chi connectivity index (χ0n) is 20.0. The summed E-state index contributed by atoms with van der Waals surface area (Å²) in [7, 11) is 3.66. The van der Waals surface area contributed by atoms with Crippen molar-refractivity contribution in [3.05, 3.63) is 54.1 Å². The normalized spacial score (nSPS) is 15.3. The second-order valence-electron chi connectivity index (χ2n) is 8.82. The fraction of sp³-hybridized carbons (Fsp3) is 0.480. The van der Waals surface area contributed by atoms with Crippen molar-refractivity contribution in [2.75, 3.05) is 52.8 Å². The van der Waals surface area contributed by atoms with Crippen molar-refractivity contribution in [3.63, 3.8) is 0 Å². The molecule has 0 saturated carbocycles. The number of sulfonamides is 1. The Morgan fingerprint density at radius 3 is 2.15 bits per heavy atom. The van der Waals surface area contributed by atoms with Crippen molar-refractivity contribution < 1.29 is 17.9 Å². The average molecular weight is 474 g/mol. The van der Waals surface area contributed by atoms with Crippen molar-refractivity contribution in [1.29, 1.82) is 0 Å². The summed E-state index contributed by atoms with van der Waals surface area (Å²) in [5.74, 6) is 0.613. The smallest absolute Gasteiger partial charge is 0.242 e. The summed E-state index contributed by atoms with van der Waals surface area (Å²) < 4.78 is 31.7. The Bertz CT molecular complexity index is 1010. The average Bonchev–Trinajstić information content (AvgIpc) is 2.83. The summed E-state index contributed by atoms with van der Waals surface area (Å²) in [6, 6.07) is 15.1. The molecule has 2 aromatic rings. The van der Waals surface area contributed by atoms with Crippen LogP contribution in [0.5, 0.6) is 5.75 Å². The van der Waals surface area contributed by atoms with Crippen LogP contribution in [0, 0.1) is 0 Å². The monoisotopic (exact) mass is 473 g/mol. The minimum Gasteiger partial charge on any atom is -0.497 e. The highest BCUT2D eigenvalue weighted by Gasteiger charge is 2.22. The minimum atomic E-state index is -3.64. The Hall–Kier alpha value is -2.42. The van der Waals surface area contributed by atoms with E-state index < -0.39 is 10.0 Å². The number of carbonyl (C=O) groups is 1. The van der Waals surface area contributed by atoms with Crippen LogP contribution in [0.3, 0.4) is 0 Å². The number of rotatable bonds is 10. The van der Waals surface area contributed by atoms with E-state index in [0.717, 1.165) is 31.5 Å². The molecule has 3 rings (SSSR count). The topological polar surface area (TPSA) is 70.2 Å². The van der Waals surface area contributed by atoms with Gasteiger partial charge >= 0.3 is 0 Å². The Kier molecular flexibility index (Phi) is 8.51. The van der Waals surface area contributed by atoms with Crippen LogP contribution in [0.1, 0.15) is 24.8 Å². The Morgan fingerprint density at radius 1 is 1.00 bits per heavy atom. The van der Waals surface area contributed by atoms with Crippen molar-refractivity contribution >= 4 is 21.5 Å². The molecule has 7 nitrogen and oxygen atoms in total. The van der Waals surface area contributed by atoms with Gasteiger partial charge in [-0.2, -0.15) is 0 Å². The van der Waals surface area contributed by atoms with Gasteiger partial charge in [0, 0.05) is 51.3 Å². The maximum atomic E-state index is 12.7. The molecule has 1 saturated heterocycles. The first-order valence-corrected chi connectivity index (χ1v) is 12.8. The van der Waals surface area contributed by atoms with Crippen molar-refractivity contribution in [1.82, 2.24) is 9.21 Å². The van der Waals surface area contributed by atoms with Crippen molar-refractivity contribution in [3.8, 4) is 5.75 Å². The molecule has 0 bridgehead atoms. The van der Waals surface area contributed by atoms with Gasteiger partial charge in [-0.3, -0.25) is 4.79 Å². The molecular formula is C25H35N3O4S. The molecule has 8 heteroatoms. The number of Topliss-reactive ketones (excluding diaryl/α,β-unsaturated/α-hetero) is 1. The van der Waals surface area contributed by atoms with Crippen LogP contribution < -0.4 is 9.64 Å². The third-order valence-electron chi connectivity index (χ3n) is 6.37. The Balaban J connectivity index is 1.49. The minimum absolute atomic E-state index is 0.0197. The molecule has 180 valence electrons. The van der Waals surface area contributed by atoms with Crippen LogP contribution in [0.25, 0.3) is 0 Å². The van der Waals surface area contributed by atoms with Crippen LogP contribution in [-0.2, 0) is 21.2 Å². The summed E-state index contributed by atoms with van der Waals surface area (Å²) in [4.78, 5) is 17.4. The standard InChI is InChI=1S/C25H35N3O4S/c1-26(2)21-13-17-28(18-14-21)22-7-5-20(6-8-22)19-23(29)15-16-27(3)33(30,31)25-11-9-24(32-4)10-12-25/h5-12,21H,13-19H2,1-4H3. The quantitative estimate of drug-likeness (QED) is 0.528. The second-order valence-corrected chi connectivity index (χ2v) is 10.9. The van der Waals surface area contributed by atoms with Crippen LogP contribution in [0.4, 0.5) is 5.69 Å². The van der Waals surface area contributed by atoms with E-state index >= 15 is 0 Å². The van der Waals surface area contributed by atoms with Gasteiger partial charge in [0.25, 0.3) is 0 Å². The van der Waals surface area contributed by atoms with E-state index in [1.165, 1.54) is 36.3 Å². The highest BCUT2D eigenvalue weighted by molar-refractivity contribution is 7.89. The Labute approximate surface area is 198 Å². The predicted octanol–water partition coefficient (Wildman–Crippen LogP) is 3.05. The maximum Gasteiger partial charge on any atom is 0.242 e. The van der Waals surface area contributed by atoms with Crippen molar-refractivity contribution in [2.45, 2.75) is 36.6 Å². The number of hydrogen-bond donors (Lipinski definition) is 0. The van der Waals surface area contributed by atoms with Crippen molar-refractivity contribution in [2.24, 2.45) is 0 Å². The zero-order valence-corrected chi connectivity index (χ0v) is 20.8. The largest absolute Gasteiger partial charge is 0.497 e. The van der Waals surface area contributed by atoms with Gasteiger partial charge in [-0.15, -0.1) is 0 Å². The first-order chi connectivity index (χ1) is 15.7. The number of anilines is 1. The van der Waals surface area contributed by atoms with Crippen LogP contribution >= 0.6 is 0 Å². The fourth-order valence-corrected chi connectivity index (χ4v) is 5.28. The molecule has 0 radical (unpaired) electrons. The highest BCUT2D eigenvalue weighted by atomic mass is 32.2. The van der Waals surface area contributed by atoms with E-state index in [4.69, 9.17) is 4.74 Å². The molecule has 1 fully saturated rings. The number of hydrogen-bond acceptors (Lipinski definition) is 6. The molecule has 0 N–H and O–H groups in total. The SMILES string of the molecule is COc1ccc(S(=O)(=O)N(C)CCC(=O)Cc2ccc(N3CCC(N(C)C)CC3)cc2)cc1. The van der Waals surface area contributed by atoms with Gasteiger partial charge in [-0.25, -0.2) is 12.7 Å². The molecular weight excluding hydrogens is 438 g/mol. The molecule has 1 heterocycles. The van der Waals surface area contributed by atoms with E-state index in [1.54, 1.807) is 12.1 Å². The molecule has 0 aromatic heterocycles. The fourth-order valence-electron chi connectivity index (χ4n) is 4.11. The van der Waals surface area contributed by atoms with E-state index in [2.05, 4.69) is 36.0 Å². The number of carbonyl (C=O) groups excluding carboxylic acids is 1. The summed E-state index contributed by atoms with van der Waals surface area (Å²) in [5, 5.41) is 0. The molecule has 0 unspecified atom stereocenters. The van der Waals surface area contributed by atoms with E-state index in [-0.39, 0.29) is 23.6 Å². The number of ketones is 1. The molecule has 2 aromatic carbocycles. The first kappa shape index (κ1) is 25.2. The second kappa shape index (κ2) is 11.1. The Morgan fingerprint density at radius 2 is 1.61 bits per heavy atom. The lowest BCUT2D eigenvalue weighted by atomic mass is 10.0. The van der Waals surface area contributed by atoms with Gasteiger partial charge in [0.05, 0.1) is 12.0 Å². The molecule has 1 aliphatic rings. The third-order valence-corrected chi connectivity index (χ3v) is 8.24. The number of benzene rings is 2. The summed E-state index contributed by atoms with van der Waals surface area (Å²) in [6.45, 7) is 2.22. The molecule has 0 spiro atoms. The van der Waals surface area contributed by atoms with Gasteiger partial charge in [0.1, 0.15) is 11.5 Å². The van der Waals surface area contributed by atoms with Crippen LogP contribution in [-0.4, -0.2) is 77.3 Å².